The zero-order valence-electron chi connectivity index (χ0n) is 13.8. The third-order valence-electron chi connectivity index (χ3n) is 3.51. The third kappa shape index (κ3) is 4.13. The van der Waals surface area contributed by atoms with E-state index in [0.29, 0.717) is 5.03 Å². The van der Waals surface area contributed by atoms with E-state index in [4.69, 9.17) is 11.5 Å². The van der Waals surface area contributed by atoms with Gasteiger partial charge in [0.2, 0.25) is 5.91 Å². The Kier molecular flexibility index (Phi) is 5.71. The van der Waals surface area contributed by atoms with Crippen molar-refractivity contribution in [1.29, 1.82) is 0 Å². The van der Waals surface area contributed by atoms with Crippen molar-refractivity contribution in [3.8, 4) is 0 Å². The molecule has 2 rings (SSSR count). The summed E-state index contributed by atoms with van der Waals surface area (Å²) in [5.74, 6) is -2.00. The van der Waals surface area contributed by atoms with Gasteiger partial charge in [-0.1, -0.05) is 18.2 Å². The Balaban J connectivity index is 2.19. The highest BCUT2D eigenvalue weighted by Crippen LogP contribution is 2.29. The van der Waals surface area contributed by atoms with Gasteiger partial charge in [-0.15, -0.1) is 11.8 Å². The second-order valence-corrected chi connectivity index (χ2v) is 6.04. The number of aromatic nitrogens is 1. The highest BCUT2D eigenvalue weighted by molar-refractivity contribution is 7.98. The highest BCUT2D eigenvalue weighted by Gasteiger charge is 2.25. The maximum absolute atomic E-state index is 12.2. The Morgan fingerprint density at radius 1 is 1.12 bits per heavy atom. The van der Waals surface area contributed by atoms with E-state index in [1.165, 1.54) is 11.8 Å². The van der Waals surface area contributed by atoms with Crippen LogP contribution in [0.3, 0.4) is 0 Å². The first kappa shape index (κ1) is 18.4. The summed E-state index contributed by atoms with van der Waals surface area (Å²) in [6.45, 7) is 1.89. The Morgan fingerprint density at radius 2 is 1.76 bits per heavy atom. The Labute approximate surface area is 148 Å². The fraction of sp³-hybridized carbons (Fsp3) is 0.188. The SMILES string of the molecule is CSc1[nH]c(NC(=O)CNc2ccccc2C)c(C(N)=O)c1C(N)=O. The number of amides is 3. The zero-order chi connectivity index (χ0) is 18.6. The van der Waals surface area contributed by atoms with Gasteiger partial charge in [-0.05, 0) is 24.8 Å². The van der Waals surface area contributed by atoms with Crippen LogP contribution in [0.5, 0.6) is 0 Å². The van der Waals surface area contributed by atoms with Crippen molar-refractivity contribution in [3.63, 3.8) is 0 Å². The molecule has 0 aliphatic carbocycles. The smallest absolute Gasteiger partial charge is 0.253 e. The Bertz CT molecular complexity index is 831. The van der Waals surface area contributed by atoms with Gasteiger partial charge in [-0.25, -0.2) is 0 Å². The normalized spacial score (nSPS) is 10.3. The minimum Gasteiger partial charge on any atom is -0.376 e. The van der Waals surface area contributed by atoms with E-state index in [1.807, 2.05) is 31.2 Å². The lowest BCUT2D eigenvalue weighted by Crippen LogP contribution is -2.25. The molecule has 0 bridgehead atoms. The van der Waals surface area contributed by atoms with Crippen LogP contribution in [0.1, 0.15) is 26.3 Å². The number of hydrogen-bond acceptors (Lipinski definition) is 5. The van der Waals surface area contributed by atoms with Crippen molar-refractivity contribution >= 4 is 41.0 Å². The molecule has 8 nitrogen and oxygen atoms in total. The van der Waals surface area contributed by atoms with Gasteiger partial charge in [0, 0.05) is 5.69 Å². The van der Waals surface area contributed by atoms with E-state index < -0.39 is 17.7 Å². The van der Waals surface area contributed by atoms with Crippen LogP contribution in [0.4, 0.5) is 11.5 Å². The number of carbonyl (C=O) groups excluding carboxylic acids is 3. The van der Waals surface area contributed by atoms with E-state index in [-0.39, 0.29) is 23.5 Å². The lowest BCUT2D eigenvalue weighted by atomic mass is 10.1. The number of aryl methyl sites for hydroxylation is 1. The quantitative estimate of drug-likeness (QED) is 0.472. The maximum atomic E-state index is 12.2. The van der Waals surface area contributed by atoms with Gasteiger partial charge in [0.05, 0.1) is 22.7 Å². The summed E-state index contributed by atoms with van der Waals surface area (Å²) in [7, 11) is 0. The summed E-state index contributed by atoms with van der Waals surface area (Å²) in [6.07, 6.45) is 1.70. The van der Waals surface area contributed by atoms with Crippen molar-refractivity contribution in [2.75, 3.05) is 23.4 Å². The lowest BCUT2D eigenvalue weighted by Gasteiger charge is -2.09. The summed E-state index contributed by atoms with van der Waals surface area (Å²) in [5.41, 5.74) is 12.3. The van der Waals surface area contributed by atoms with E-state index >= 15 is 0 Å². The molecular weight excluding hydrogens is 342 g/mol. The number of nitrogens with one attached hydrogen (secondary N) is 3. The number of rotatable bonds is 7. The summed E-state index contributed by atoms with van der Waals surface area (Å²) in [6, 6.07) is 7.52. The molecule has 1 heterocycles. The fourth-order valence-electron chi connectivity index (χ4n) is 2.34. The predicted molar refractivity (Wildman–Crippen MR) is 97.9 cm³/mol. The number of para-hydroxylation sites is 1. The van der Waals surface area contributed by atoms with Crippen LogP contribution in [-0.4, -0.2) is 35.5 Å². The molecule has 9 heteroatoms. The summed E-state index contributed by atoms with van der Waals surface area (Å²) in [4.78, 5) is 38.3. The first-order valence-electron chi connectivity index (χ1n) is 7.34. The van der Waals surface area contributed by atoms with Crippen molar-refractivity contribution in [1.82, 2.24) is 4.98 Å². The highest BCUT2D eigenvalue weighted by atomic mass is 32.2. The first-order chi connectivity index (χ1) is 11.8. The standard InChI is InChI=1S/C16H19N5O3S/c1-8-5-3-4-6-9(8)19-7-10(22)20-15-11(13(17)23)12(14(18)24)16(21-15)25-2/h3-6,19,21H,7H2,1-2H3,(H2,17,23)(H2,18,24)(H,20,22). The topological polar surface area (TPSA) is 143 Å². The van der Waals surface area contributed by atoms with Crippen molar-refractivity contribution in [2.24, 2.45) is 11.5 Å². The van der Waals surface area contributed by atoms with Gasteiger partial charge in [-0.2, -0.15) is 0 Å². The Hall–Kier alpha value is -2.94. The van der Waals surface area contributed by atoms with Crippen LogP contribution in [-0.2, 0) is 4.79 Å². The molecule has 0 fully saturated rings. The number of H-pyrrole nitrogens is 1. The van der Waals surface area contributed by atoms with Crippen LogP contribution in [0.2, 0.25) is 0 Å². The number of thioether (sulfide) groups is 1. The average Bonchev–Trinajstić information content (AvgIpc) is 2.92. The molecule has 132 valence electrons. The van der Waals surface area contributed by atoms with Gasteiger partial charge in [-0.3, -0.25) is 14.4 Å². The second kappa shape index (κ2) is 7.75. The van der Waals surface area contributed by atoms with Gasteiger partial charge in [0.25, 0.3) is 11.8 Å². The molecule has 0 saturated heterocycles. The van der Waals surface area contributed by atoms with Gasteiger partial charge >= 0.3 is 0 Å². The molecule has 2 aromatic rings. The van der Waals surface area contributed by atoms with Gasteiger partial charge in [0.15, 0.2) is 0 Å². The molecule has 0 radical (unpaired) electrons. The number of carbonyl (C=O) groups is 3. The number of primary amides is 2. The number of benzene rings is 1. The molecule has 7 N–H and O–H groups in total. The minimum atomic E-state index is -0.854. The van der Waals surface area contributed by atoms with Crippen LogP contribution in [0, 0.1) is 6.92 Å². The molecule has 0 spiro atoms. The molecule has 1 aromatic carbocycles. The summed E-state index contributed by atoms with van der Waals surface area (Å²) in [5, 5.41) is 5.92. The summed E-state index contributed by atoms with van der Waals surface area (Å²) < 4.78 is 0. The third-order valence-corrected chi connectivity index (χ3v) is 4.23. The number of nitrogens with two attached hydrogens (primary N) is 2. The molecule has 25 heavy (non-hydrogen) atoms. The molecule has 0 aliphatic heterocycles. The molecule has 0 unspecified atom stereocenters. The first-order valence-corrected chi connectivity index (χ1v) is 8.56. The van der Waals surface area contributed by atoms with E-state index in [1.54, 1.807) is 6.26 Å². The van der Waals surface area contributed by atoms with E-state index in [9.17, 15) is 14.4 Å². The van der Waals surface area contributed by atoms with Crippen LogP contribution < -0.4 is 22.1 Å². The molecule has 0 atom stereocenters. The van der Waals surface area contributed by atoms with Gasteiger partial charge < -0.3 is 27.1 Å². The second-order valence-electron chi connectivity index (χ2n) is 5.23. The predicted octanol–water partition coefficient (Wildman–Crippen LogP) is 1.29. The number of hydrogen-bond donors (Lipinski definition) is 5. The lowest BCUT2D eigenvalue weighted by molar-refractivity contribution is -0.114. The molecule has 0 saturated carbocycles. The van der Waals surface area contributed by atoms with Crippen LogP contribution >= 0.6 is 11.8 Å². The van der Waals surface area contributed by atoms with E-state index in [0.717, 1.165) is 11.3 Å². The molecule has 3 amide bonds. The number of aromatic amines is 1. The monoisotopic (exact) mass is 361 g/mol. The molecular formula is C16H19N5O3S. The zero-order valence-corrected chi connectivity index (χ0v) is 14.6. The fourth-order valence-corrected chi connectivity index (χ4v) is 2.95. The van der Waals surface area contributed by atoms with Gasteiger partial charge in [0.1, 0.15) is 5.82 Å². The van der Waals surface area contributed by atoms with E-state index in [2.05, 4.69) is 15.6 Å². The average molecular weight is 361 g/mol. The van der Waals surface area contributed by atoms with Crippen molar-refractivity contribution < 1.29 is 14.4 Å². The minimum absolute atomic E-state index is 0.0252. The van der Waals surface area contributed by atoms with Crippen LogP contribution in [0.15, 0.2) is 29.3 Å². The summed E-state index contributed by atoms with van der Waals surface area (Å²) >= 11 is 1.18. The largest absolute Gasteiger partial charge is 0.376 e. The number of anilines is 2. The van der Waals surface area contributed by atoms with Crippen molar-refractivity contribution in [3.05, 3.63) is 41.0 Å². The molecule has 0 aliphatic rings. The Morgan fingerprint density at radius 3 is 2.32 bits per heavy atom. The maximum Gasteiger partial charge on any atom is 0.253 e. The molecule has 1 aromatic heterocycles. The van der Waals surface area contributed by atoms with Crippen molar-refractivity contribution in [2.45, 2.75) is 11.9 Å². The van der Waals surface area contributed by atoms with Crippen LogP contribution in [0.25, 0.3) is 0 Å².